The number of nitrogen functional groups attached to an aromatic ring is 1. The van der Waals surface area contributed by atoms with Crippen molar-refractivity contribution in [1.82, 2.24) is 15.0 Å². The number of amidine groups is 1. The number of nitrogens with zero attached hydrogens (tertiary/aromatic N) is 3. The van der Waals surface area contributed by atoms with Crippen molar-refractivity contribution in [3.05, 3.63) is 42.6 Å². The third-order valence-corrected chi connectivity index (χ3v) is 1.76. The molecular formula is C10H9N5O. The lowest BCUT2D eigenvalue weighted by molar-refractivity contribution is 0.458. The molecule has 0 amide bonds. The van der Waals surface area contributed by atoms with E-state index in [2.05, 4.69) is 15.0 Å². The average molecular weight is 215 g/mol. The van der Waals surface area contributed by atoms with Gasteiger partial charge in [-0.1, -0.05) is 0 Å². The highest BCUT2D eigenvalue weighted by molar-refractivity contribution is 5.92. The number of aromatic nitrogens is 3. The lowest BCUT2D eigenvalue weighted by atomic mass is 10.4. The normalized spacial score (nSPS) is 9.75. The number of pyridine rings is 1. The quantitative estimate of drug-likeness (QED) is 0.586. The maximum absolute atomic E-state index is 7.15. The van der Waals surface area contributed by atoms with Gasteiger partial charge in [0.05, 0.1) is 18.6 Å². The maximum atomic E-state index is 7.15. The lowest BCUT2D eigenvalue weighted by Crippen LogP contribution is -2.13. The molecule has 0 aliphatic rings. The molecule has 6 heteroatoms. The topological polar surface area (TPSA) is 97.8 Å². The highest BCUT2D eigenvalue weighted by atomic mass is 16.5. The summed E-state index contributed by atoms with van der Waals surface area (Å²) in [7, 11) is 0. The van der Waals surface area contributed by atoms with Gasteiger partial charge in [-0.2, -0.15) is 0 Å². The number of nitrogens with one attached hydrogen (secondary N) is 1. The van der Waals surface area contributed by atoms with Gasteiger partial charge in [-0.25, -0.2) is 9.97 Å². The third kappa shape index (κ3) is 2.30. The van der Waals surface area contributed by atoms with Gasteiger partial charge in [0.15, 0.2) is 0 Å². The van der Waals surface area contributed by atoms with Crippen molar-refractivity contribution < 1.29 is 4.74 Å². The minimum Gasteiger partial charge on any atom is -0.436 e. The van der Waals surface area contributed by atoms with Crippen LogP contribution in [0.2, 0.25) is 0 Å². The Balaban J connectivity index is 2.14. The van der Waals surface area contributed by atoms with Crippen molar-refractivity contribution in [2.45, 2.75) is 0 Å². The SMILES string of the molecule is N=C(N)c1cnc(Oc2cccnc2)cn1. The summed E-state index contributed by atoms with van der Waals surface area (Å²) in [6.45, 7) is 0. The predicted molar refractivity (Wildman–Crippen MR) is 57.4 cm³/mol. The van der Waals surface area contributed by atoms with Crippen LogP contribution in [0.1, 0.15) is 5.69 Å². The van der Waals surface area contributed by atoms with Crippen LogP contribution in [0, 0.1) is 5.41 Å². The van der Waals surface area contributed by atoms with E-state index in [1.807, 2.05) is 0 Å². The molecule has 0 spiro atoms. The first-order valence-electron chi connectivity index (χ1n) is 4.50. The smallest absolute Gasteiger partial charge is 0.237 e. The van der Waals surface area contributed by atoms with Crippen LogP contribution in [0.25, 0.3) is 0 Å². The van der Waals surface area contributed by atoms with Crippen molar-refractivity contribution in [3.8, 4) is 11.6 Å². The molecule has 0 aliphatic carbocycles. The molecule has 0 bridgehead atoms. The van der Waals surface area contributed by atoms with Crippen LogP contribution in [-0.4, -0.2) is 20.8 Å². The van der Waals surface area contributed by atoms with E-state index in [4.69, 9.17) is 15.9 Å². The van der Waals surface area contributed by atoms with Gasteiger partial charge in [0.2, 0.25) is 5.88 Å². The Morgan fingerprint density at radius 3 is 2.69 bits per heavy atom. The Hall–Kier alpha value is -2.50. The Labute approximate surface area is 91.7 Å². The van der Waals surface area contributed by atoms with E-state index >= 15 is 0 Å². The van der Waals surface area contributed by atoms with E-state index in [0.29, 0.717) is 17.3 Å². The van der Waals surface area contributed by atoms with Crippen molar-refractivity contribution in [1.29, 1.82) is 5.41 Å². The fourth-order valence-corrected chi connectivity index (χ4v) is 1.04. The van der Waals surface area contributed by atoms with E-state index < -0.39 is 0 Å². The number of rotatable bonds is 3. The van der Waals surface area contributed by atoms with Crippen molar-refractivity contribution in [2.24, 2.45) is 5.73 Å². The molecule has 0 fully saturated rings. The Bertz CT molecular complexity index is 482. The molecule has 0 saturated heterocycles. The monoisotopic (exact) mass is 215 g/mol. The molecule has 0 aromatic carbocycles. The summed E-state index contributed by atoms with van der Waals surface area (Å²) in [5.41, 5.74) is 5.56. The molecule has 6 nitrogen and oxygen atoms in total. The molecule has 0 atom stereocenters. The largest absolute Gasteiger partial charge is 0.436 e. The highest BCUT2D eigenvalue weighted by Crippen LogP contribution is 2.15. The summed E-state index contributed by atoms with van der Waals surface area (Å²) >= 11 is 0. The summed E-state index contributed by atoms with van der Waals surface area (Å²) in [5, 5.41) is 7.15. The standard InChI is InChI=1S/C10H9N5O/c11-10(12)8-5-15-9(6-14-8)16-7-2-1-3-13-4-7/h1-6H,(H3,11,12). The van der Waals surface area contributed by atoms with Gasteiger partial charge in [-0.05, 0) is 12.1 Å². The molecule has 0 radical (unpaired) electrons. The van der Waals surface area contributed by atoms with E-state index in [1.54, 1.807) is 24.5 Å². The number of nitrogens with two attached hydrogens (primary N) is 1. The number of ether oxygens (including phenoxy) is 1. The van der Waals surface area contributed by atoms with Crippen LogP contribution < -0.4 is 10.5 Å². The fraction of sp³-hybridized carbons (Fsp3) is 0. The minimum absolute atomic E-state index is 0.125. The molecule has 0 unspecified atom stereocenters. The van der Waals surface area contributed by atoms with Crippen LogP contribution in [-0.2, 0) is 0 Å². The predicted octanol–water partition coefficient (Wildman–Crippen LogP) is 0.948. The Morgan fingerprint density at radius 1 is 1.25 bits per heavy atom. The van der Waals surface area contributed by atoms with Gasteiger partial charge in [0.1, 0.15) is 17.3 Å². The second kappa shape index (κ2) is 4.35. The molecule has 3 N–H and O–H groups in total. The van der Waals surface area contributed by atoms with Crippen LogP contribution in [0.15, 0.2) is 36.9 Å². The van der Waals surface area contributed by atoms with Gasteiger partial charge in [0.25, 0.3) is 0 Å². The van der Waals surface area contributed by atoms with Gasteiger partial charge >= 0.3 is 0 Å². The summed E-state index contributed by atoms with van der Waals surface area (Å²) in [5.74, 6) is 0.783. The van der Waals surface area contributed by atoms with E-state index in [1.165, 1.54) is 12.4 Å². The van der Waals surface area contributed by atoms with Gasteiger partial charge < -0.3 is 10.5 Å². The first-order valence-corrected chi connectivity index (χ1v) is 4.50. The fourth-order valence-electron chi connectivity index (χ4n) is 1.04. The first kappa shape index (κ1) is 10.0. The van der Waals surface area contributed by atoms with Crippen LogP contribution in [0.3, 0.4) is 0 Å². The molecule has 2 rings (SSSR count). The van der Waals surface area contributed by atoms with E-state index in [0.717, 1.165) is 0 Å². The number of hydrogen-bond acceptors (Lipinski definition) is 5. The zero-order chi connectivity index (χ0) is 11.4. The highest BCUT2D eigenvalue weighted by Gasteiger charge is 2.01. The first-order chi connectivity index (χ1) is 7.75. The van der Waals surface area contributed by atoms with Crippen molar-refractivity contribution in [3.63, 3.8) is 0 Å². The average Bonchev–Trinajstić information content (AvgIpc) is 2.31. The molecule has 16 heavy (non-hydrogen) atoms. The van der Waals surface area contributed by atoms with Gasteiger partial charge in [-0.15, -0.1) is 0 Å². The number of hydrogen-bond donors (Lipinski definition) is 2. The summed E-state index contributed by atoms with van der Waals surface area (Å²) in [4.78, 5) is 11.8. The zero-order valence-corrected chi connectivity index (χ0v) is 8.29. The Morgan fingerprint density at radius 2 is 2.12 bits per heavy atom. The van der Waals surface area contributed by atoms with Gasteiger partial charge in [0, 0.05) is 6.20 Å². The van der Waals surface area contributed by atoms with E-state index in [-0.39, 0.29) is 5.84 Å². The second-order valence-corrected chi connectivity index (χ2v) is 2.94. The van der Waals surface area contributed by atoms with E-state index in [9.17, 15) is 0 Å². The molecular weight excluding hydrogens is 206 g/mol. The maximum Gasteiger partial charge on any atom is 0.237 e. The molecule has 0 aliphatic heterocycles. The minimum atomic E-state index is -0.125. The third-order valence-electron chi connectivity index (χ3n) is 1.76. The zero-order valence-electron chi connectivity index (χ0n) is 8.29. The van der Waals surface area contributed by atoms with Crippen LogP contribution in [0.4, 0.5) is 0 Å². The summed E-state index contributed by atoms with van der Waals surface area (Å²) in [6.07, 6.45) is 6.01. The van der Waals surface area contributed by atoms with Gasteiger partial charge in [-0.3, -0.25) is 10.4 Å². The molecule has 2 aromatic heterocycles. The summed E-state index contributed by atoms with van der Waals surface area (Å²) in [6, 6.07) is 3.51. The molecule has 2 heterocycles. The van der Waals surface area contributed by atoms with Crippen LogP contribution >= 0.6 is 0 Å². The summed E-state index contributed by atoms with van der Waals surface area (Å²) < 4.78 is 5.37. The molecule has 80 valence electrons. The van der Waals surface area contributed by atoms with Crippen molar-refractivity contribution in [2.75, 3.05) is 0 Å². The van der Waals surface area contributed by atoms with Crippen molar-refractivity contribution >= 4 is 5.84 Å². The molecule has 2 aromatic rings. The molecule has 0 saturated carbocycles. The Kier molecular flexibility index (Phi) is 2.73. The lowest BCUT2D eigenvalue weighted by Gasteiger charge is -2.03. The van der Waals surface area contributed by atoms with Crippen LogP contribution in [0.5, 0.6) is 11.6 Å². The second-order valence-electron chi connectivity index (χ2n) is 2.94.